The number of rotatable bonds is 5. The predicted molar refractivity (Wildman–Crippen MR) is 115 cm³/mol. The van der Waals surface area contributed by atoms with E-state index in [4.69, 9.17) is 4.74 Å². The quantitative estimate of drug-likeness (QED) is 0.590. The molecule has 31 heavy (non-hydrogen) atoms. The molecule has 0 N–H and O–H groups in total. The molecule has 7 heteroatoms. The van der Waals surface area contributed by atoms with Gasteiger partial charge in [-0.1, -0.05) is 12.1 Å². The molecular weight excluding hydrogens is 397 g/mol. The van der Waals surface area contributed by atoms with Gasteiger partial charge in [0, 0.05) is 36.9 Å². The fourth-order valence-electron chi connectivity index (χ4n) is 4.49. The van der Waals surface area contributed by atoms with Crippen molar-refractivity contribution in [1.29, 1.82) is 0 Å². The summed E-state index contributed by atoms with van der Waals surface area (Å²) in [6, 6.07) is 9.93. The standard InChI is InChI=1S/C24H26FN3O3/c1-15(16-6-8-17(25)9-7-16)24(30)27(2)18-10-11-21-20(13-22(29)31-3)19-5-4-12-26-23(19)28(21)14-18/h4-9,12,15,18H,10-11,13-14H2,1-3H3/t15-,18-/m1/s1. The molecule has 0 aliphatic carbocycles. The second-order valence-corrected chi connectivity index (χ2v) is 8.08. The van der Waals surface area contributed by atoms with Gasteiger partial charge in [-0.15, -0.1) is 0 Å². The van der Waals surface area contributed by atoms with Gasteiger partial charge in [0.2, 0.25) is 5.91 Å². The zero-order valence-electron chi connectivity index (χ0n) is 18.0. The van der Waals surface area contributed by atoms with Gasteiger partial charge >= 0.3 is 5.97 Å². The number of nitrogens with zero attached hydrogens (tertiary/aromatic N) is 3. The summed E-state index contributed by atoms with van der Waals surface area (Å²) in [6.07, 6.45) is 3.49. The summed E-state index contributed by atoms with van der Waals surface area (Å²) in [5.74, 6) is -0.950. The molecule has 0 bridgehead atoms. The topological polar surface area (TPSA) is 64.4 Å². The van der Waals surface area contributed by atoms with Crippen LogP contribution < -0.4 is 0 Å². The molecule has 162 valence electrons. The van der Waals surface area contributed by atoms with E-state index >= 15 is 0 Å². The van der Waals surface area contributed by atoms with Crippen LogP contribution in [0.3, 0.4) is 0 Å². The van der Waals surface area contributed by atoms with E-state index in [1.165, 1.54) is 19.2 Å². The van der Waals surface area contributed by atoms with Gasteiger partial charge in [-0.05, 0) is 55.2 Å². The summed E-state index contributed by atoms with van der Waals surface area (Å²) in [7, 11) is 3.22. The normalized spacial score (nSPS) is 16.6. The van der Waals surface area contributed by atoms with Gasteiger partial charge in [0.05, 0.1) is 19.4 Å². The number of pyridine rings is 1. The number of hydrogen-bond acceptors (Lipinski definition) is 4. The Bertz CT molecular complexity index is 1120. The molecule has 2 aromatic heterocycles. The van der Waals surface area contributed by atoms with E-state index in [0.717, 1.165) is 40.7 Å². The van der Waals surface area contributed by atoms with Crippen LogP contribution in [0.25, 0.3) is 11.0 Å². The number of amides is 1. The SMILES string of the molecule is COC(=O)Cc1c2n(c3ncccc13)C[C@H](N(C)C(=O)[C@H](C)c1ccc(F)cc1)CC2. The Balaban J connectivity index is 1.59. The summed E-state index contributed by atoms with van der Waals surface area (Å²) in [4.78, 5) is 31.5. The van der Waals surface area contributed by atoms with E-state index < -0.39 is 0 Å². The molecule has 0 spiro atoms. The average Bonchev–Trinajstić information content (AvgIpc) is 3.11. The van der Waals surface area contributed by atoms with E-state index in [2.05, 4.69) is 9.55 Å². The second-order valence-electron chi connectivity index (χ2n) is 8.08. The molecule has 0 saturated heterocycles. The van der Waals surface area contributed by atoms with Crippen LogP contribution in [0.2, 0.25) is 0 Å². The maximum atomic E-state index is 13.2. The van der Waals surface area contributed by atoms with Crippen molar-refractivity contribution in [3.05, 3.63) is 65.2 Å². The Morgan fingerprint density at radius 1 is 1.29 bits per heavy atom. The lowest BCUT2D eigenvalue weighted by molar-refractivity contribution is -0.139. The Kier molecular flexibility index (Phi) is 5.76. The Morgan fingerprint density at radius 3 is 2.74 bits per heavy atom. The van der Waals surface area contributed by atoms with E-state index in [1.54, 1.807) is 23.2 Å². The first-order valence-electron chi connectivity index (χ1n) is 10.4. The number of esters is 1. The van der Waals surface area contributed by atoms with Gasteiger partial charge in [-0.25, -0.2) is 9.37 Å². The number of methoxy groups -OCH3 is 1. The summed E-state index contributed by atoms with van der Waals surface area (Å²) in [6.45, 7) is 2.46. The lowest BCUT2D eigenvalue weighted by Crippen LogP contribution is -2.44. The minimum absolute atomic E-state index is 0.000682. The minimum atomic E-state index is -0.360. The highest BCUT2D eigenvalue weighted by Gasteiger charge is 2.31. The van der Waals surface area contributed by atoms with Gasteiger partial charge in [-0.2, -0.15) is 0 Å². The summed E-state index contributed by atoms with van der Waals surface area (Å²) in [5, 5.41) is 0.956. The summed E-state index contributed by atoms with van der Waals surface area (Å²) in [5.41, 5.74) is 3.67. The van der Waals surface area contributed by atoms with Crippen LogP contribution in [0.5, 0.6) is 0 Å². The highest BCUT2D eigenvalue weighted by atomic mass is 19.1. The second kappa shape index (κ2) is 8.49. The van der Waals surface area contributed by atoms with Gasteiger partial charge in [0.1, 0.15) is 11.5 Å². The van der Waals surface area contributed by atoms with Gasteiger partial charge < -0.3 is 14.2 Å². The zero-order valence-corrected chi connectivity index (χ0v) is 18.0. The van der Waals surface area contributed by atoms with E-state index in [-0.39, 0.29) is 36.1 Å². The number of carbonyl (C=O) groups is 2. The molecule has 2 atom stereocenters. The fraction of sp³-hybridized carbons (Fsp3) is 0.375. The third kappa shape index (κ3) is 3.92. The van der Waals surface area contributed by atoms with E-state index in [1.807, 2.05) is 26.1 Å². The molecule has 1 amide bonds. The minimum Gasteiger partial charge on any atom is -0.469 e. The van der Waals surface area contributed by atoms with E-state index in [0.29, 0.717) is 6.54 Å². The van der Waals surface area contributed by atoms with Crippen molar-refractivity contribution in [3.8, 4) is 0 Å². The largest absolute Gasteiger partial charge is 0.469 e. The van der Waals surface area contributed by atoms with Crippen molar-refractivity contribution < 1.29 is 18.7 Å². The van der Waals surface area contributed by atoms with Crippen molar-refractivity contribution in [3.63, 3.8) is 0 Å². The van der Waals surface area contributed by atoms with Crippen molar-refractivity contribution in [2.45, 2.75) is 44.7 Å². The van der Waals surface area contributed by atoms with Crippen molar-refractivity contribution >= 4 is 22.9 Å². The number of aromatic nitrogens is 2. The van der Waals surface area contributed by atoms with Gasteiger partial charge in [0.15, 0.2) is 0 Å². The number of ether oxygens (including phenoxy) is 1. The first kappa shape index (κ1) is 21.0. The molecule has 1 aromatic carbocycles. The van der Waals surface area contributed by atoms with Crippen LogP contribution in [0.1, 0.15) is 36.1 Å². The van der Waals surface area contributed by atoms with Crippen molar-refractivity contribution in [1.82, 2.24) is 14.5 Å². The molecule has 0 radical (unpaired) electrons. The first-order chi connectivity index (χ1) is 14.9. The molecule has 6 nitrogen and oxygen atoms in total. The van der Waals surface area contributed by atoms with Crippen LogP contribution >= 0.6 is 0 Å². The smallest absolute Gasteiger partial charge is 0.310 e. The van der Waals surface area contributed by atoms with Gasteiger partial charge in [0.25, 0.3) is 0 Å². The van der Waals surface area contributed by atoms with Crippen molar-refractivity contribution in [2.24, 2.45) is 0 Å². The Morgan fingerprint density at radius 2 is 2.03 bits per heavy atom. The fourth-order valence-corrected chi connectivity index (χ4v) is 4.49. The molecular formula is C24H26FN3O3. The molecule has 3 heterocycles. The number of carbonyl (C=O) groups excluding carboxylic acids is 2. The molecule has 1 aliphatic rings. The van der Waals surface area contributed by atoms with E-state index in [9.17, 15) is 14.0 Å². The Labute approximate surface area is 180 Å². The Hall–Kier alpha value is -3.22. The third-order valence-corrected chi connectivity index (χ3v) is 6.33. The summed E-state index contributed by atoms with van der Waals surface area (Å²) < 4.78 is 20.3. The molecule has 1 aliphatic heterocycles. The van der Waals surface area contributed by atoms with Crippen LogP contribution in [0, 0.1) is 5.82 Å². The monoisotopic (exact) mass is 423 g/mol. The van der Waals surface area contributed by atoms with Crippen LogP contribution in [-0.4, -0.2) is 46.5 Å². The highest BCUT2D eigenvalue weighted by molar-refractivity contribution is 5.87. The number of likely N-dealkylation sites (N-methyl/N-ethyl adjacent to an activating group) is 1. The summed E-state index contributed by atoms with van der Waals surface area (Å²) >= 11 is 0. The number of fused-ring (bicyclic) bond motifs is 3. The van der Waals surface area contributed by atoms with Crippen LogP contribution in [0.4, 0.5) is 4.39 Å². The molecule has 0 saturated carbocycles. The maximum Gasteiger partial charge on any atom is 0.310 e. The van der Waals surface area contributed by atoms with Gasteiger partial charge in [-0.3, -0.25) is 9.59 Å². The van der Waals surface area contributed by atoms with Crippen molar-refractivity contribution in [2.75, 3.05) is 14.2 Å². The number of benzene rings is 1. The molecule has 4 rings (SSSR count). The lowest BCUT2D eigenvalue weighted by atomic mass is 9.96. The van der Waals surface area contributed by atoms with Crippen LogP contribution in [0.15, 0.2) is 42.6 Å². The highest BCUT2D eigenvalue weighted by Crippen LogP contribution is 2.32. The lowest BCUT2D eigenvalue weighted by Gasteiger charge is -2.34. The number of hydrogen-bond donors (Lipinski definition) is 0. The maximum absolute atomic E-state index is 13.2. The van der Waals surface area contributed by atoms with Crippen LogP contribution in [-0.2, 0) is 33.7 Å². The first-order valence-corrected chi connectivity index (χ1v) is 10.4. The molecule has 0 fully saturated rings. The molecule has 3 aromatic rings. The molecule has 0 unspecified atom stereocenters. The zero-order chi connectivity index (χ0) is 22.1. The average molecular weight is 423 g/mol. The third-order valence-electron chi connectivity index (χ3n) is 6.33. The number of halogens is 1. The predicted octanol–water partition coefficient (Wildman–Crippen LogP) is 3.47.